The van der Waals surface area contributed by atoms with Crippen LogP contribution in [-0.4, -0.2) is 22.0 Å². The van der Waals surface area contributed by atoms with Crippen molar-refractivity contribution in [2.75, 3.05) is 5.32 Å². The summed E-state index contributed by atoms with van der Waals surface area (Å²) in [5, 5.41) is 5.88. The first-order chi connectivity index (χ1) is 15.1. The van der Waals surface area contributed by atoms with Crippen LogP contribution in [0.4, 0.5) is 5.88 Å². The van der Waals surface area contributed by atoms with Crippen molar-refractivity contribution in [2.24, 2.45) is 5.73 Å². The molecule has 0 spiro atoms. The number of carbonyl (C=O) groups is 2. The molecule has 0 fully saturated rings. The summed E-state index contributed by atoms with van der Waals surface area (Å²) in [6.45, 7) is 0. The topological polar surface area (TPSA) is 111 Å². The van der Waals surface area contributed by atoms with Gasteiger partial charge in [0.1, 0.15) is 11.1 Å². The molecule has 0 saturated carbocycles. The maximum Gasteiger partial charge on any atom is 0.249 e. The minimum atomic E-state index is -0.949. The van der Waals surface area contributed by atoms with Gasteiger partial charge in [-0.3, -0.25) is 19.9 Å². The molecule has 1 atom stereocenters. The number of hydrogen-bond acceptors (Lipinski definition) is 5. The number of aromatic nitrogens is 2. The number of halogens is 1. The molecule has 0 saturated heterocycles. The molecule has 2 aromatic heterocycles. The lowest BCUT2D eigenvalue weighted by Gasteiger charge is -2.12. The second-order valence-electron chi connectivity index (χ2n) is 6.64. The van der Waals surface area contributed by atoms with Gasteiger partial charge in [-0.2, -0.15) is 0 Å². The highest BCUT2D eigenvalue weighted by Crippen LogP contribution is 2.39. The summed E-state index contributed by atoms with van der Waals surface area (Å²) in [5.41, 5.74) is 8.50. The van der Waals surface area contributed by atoms with Gasteiger partial charge in [-0.25, -0.2) is 0 Å². The van der Waals surface area contributed by atoms with Gasteiger partial charge < -0.3 is 10.3 Å². The van der Waals surface area contributed by atoms with Crippen LogP contribution in [0.2, 0.25) is 0 Å². The SMILES string of the molecule is NC(=O)c1ccccc1-c1c(-c2ccncc2)noc1NC(=O)C(Cl)c1ccccc1. The second-order valence-corrected chi connectivity index (χ2v) is 7.08. The first-order valence-corrected chi connectivity index (χ1v) is 9.79. The van der Waals surface area contributed by atoms with Crippen LogP contribution in [0.3, 0.4) is 0 Å². The molecular formula is C23H17ClN4O3. The van der Waals surface area contributed by atoms with Crippen LogP contribution < -0.4 is 11.1 Å². The van der Waals surface area contributed by atoms with E-state index in [1.165, 1.54) is 0 Å². The number of alkyl halides is 1. The van der Waals surface area contributed by atoms with Gasteiger partial charge in [0.25, 0.3) is 0 Å². The number of nitrogens with two attached hydrogens (primary N) is 1. The quantitative estimate of drug-likeness (QED) is 0.438. The van der Waals surface area contributed by atoms with E-state index in [4.69, 9.17) is 21.9 Å². The van der Waals surface area contributed by atoms with Crippen LogP contribution in [0.1, 0.15) is 21.3 Å². The minimum Gasteiger partial charge on any atom is -0.366 e. The van der Waals surface area contributed by atoms with E-state index >= 15 is 0 Å². The molecule has 0 aliphatic heterocycles. The maximum absolute atomic E-state index is 12.8. The molecule has 8 heteroatoms. The third kappa shape index (κ3) is 4.17. The fourth-order valence-corrected chi connectivity index (χ4v) is 3.40. The number of nitrogens with zero attached hydrogens (tertiary/aromatic N) is 2. The van der Waals surface area contributed by atoms with Crippen LogP contribution in [0.15, 0.2) is 83.6 Å². The molecule has 31 heavy (non-hydrogen) atoms. The molecule has 1 unspecified atom stereocenters. The average Bonchev–Trinajstić information content (AvgIpc) is 3.22. The van der Waals surface area contributed by atoms with Crippen molar-refractivity contribution in [3.05, 3.63) is 90.3 Å². The highest BCUT2D eigenvalue weighted by atomic mass is 35.5. The van der Waals surface area contributed by atoms with Crippen molar-refractivity contribution in [2.45, 2.75) is 5.38 Å². The molecule has 4 aromatic rings. The third-order valence-corrected chi connectivity index (χ3v) is 5.12. The van der Waals surface area contributed by atoms with Gasteiger partial charge in [-0.05, 0) is 23.8 Å². The van der Waals surface area contributed by atoms with E-state index in [2.05, 4.69) is 15.5 Å². The molecule has 154 valence electrons. The second kappa shape index (κ2) is 8.81. The van der Waals surface area contributed by atoms with E-state index in [9.17, 15) is 9.59 Å². The number of anilines is 1. The molecule has 7 nitrogen and oxygen atoms in total. The Morgan fingerprint density at radius 2 is 1.65 bits per heavy atom. The van der Waals surface area contributed by atoms with E-state index in [0.717, 1.165) is 0 Å². The monoisotopic (exact) mass is 432 g/mol. The fraction of sp³-hybridized carbons (Fsp3) is 0.0435. The molecule has 4 rings (SSSR count). The van der Waals surface area contributed by atoms with Crippen molar-refractivity contribution in [3.63, 3.8) is 0 Å². The molecule has 0 bridgehead atoms. The number of rotatable bonds is 6. The zero-order chi connectivity index (χ0) is 21.8. The Hall–Kier alpha value is -3.97. The van der Waals surface area contributed by atoms with Crippen molar-refractivity contribution >= 4 is 29.3 Å². The smallest absolute Gasteiger partial charge is 0.249 e. The summed E-state index contributed by atoms with van der Waals surface area (Å²) in [4.78, 5) is 28.9. The average molecular weight is 433 g/mol. The van der Waals surface area contributed by atoms with Crippen LogP contribution in [0.25, 0.3) is 22.4 Å². The predicted octanol–water partition coefficient (Wildman–Crippen LogP) is 4.42. The van der Waals surface area contributed by atoms with Crippen molar-refractivity contribution in [1.82, 2.24) is 10.1 Å². The first-order valence-electron chi connectivity index (χ1n) is 9.35. The lowest BCUT2D eigenvalue weighted by molar-refractivity contribution is -0.116. The van der Waals surface area contributed by atoms with Gasteiger partial charge >= 0.3 is 0 Å². The van der Waals surface area contributed by atoms with E-state index in [1.807, 2.05) is 6.07 Å². The normalized spacial score (nSPS) is 11.6. The zero-order valence-corrected chi connectivity index (χ0v) is 16.9. The Balaban J connectivity index is 1.80. The summed E-state index contributed by atoms with van der Waals surface area (Å²) in [5.74, 6) is -1.05. The van der Waals surface area contributed by atoms with E-state index in [1.54, 1.807) is 73.1 Å². The lowest BCUT2D eigenvalue weighted by Crippen LogP contribution is -2.18. The van der Waals surface area contributed by atoms with Gasteiger partial charge in [-0.15, -0.1) is 11.6 Å². The Bertz CT molecular complexity index is 1230. The molecule has 0 aliphatic rings. The van der Waals surface area contributed by atoms with E-state index < -0.39 is 17.2 Å². The maximum atomic E-state index is 12.8. The van der Waals surface area contributed by atoms with Crippen molar-refractivity contribution in [3.8, 4) is 22.4 Å². The number of pyridine rings is 1. The highest BCUT2D eigenvalue weighted by Gasteiger charge is 2.26. The molecule has 0 radical (unpaired) electrons. The van der Waals surface area contributed by atoms with Crippen LogP contribution in [0.5, 0.6) is 0 Å². The summed E-state index contributed by atoms with van der Waals surface area (Å²) in [6.07, 6.45) is 3.21. The lowest BCUT2D eigenvalue weighted by atomic mass is 9.96. The predicted molar refractivity (Wildman–Crippen MR) is 117 cm³/mol. The molecular weight excluding hydrogens is 416 g/mol. The number of primary amides is 1. The van der Waals surface area contributed by atoms with Gasteiger partial charge in [0, 0.05) is 29.1 Å². The Morgan fingerprint density at radius 1 is 0.968 bits per heavy atom. The van der Waals surface area contributed by atoms with E-state index in [-0.39, 0.29) is 11.4 Å². The first kappa shape index (κ1) is 20.3. The minimum absolute atomic E-state index is 0.0621. The Labute approximate surface area is 182 Å². The largest absolute Gasteiger partial charge is 0.366 e. The third-order valence-electron chi connectivity index (χ3n) is 4.67. The number of carbonyl (C=O) groups excluding carboxylic acids is 2. The Kier molecular flexibility index (Phi) is 5.77. The van der Waals surface area contributed by atoms with Crippen LogP contribution in [0, 0.1) is 0 Å². The van der Waals surface area contributed by atoms with Gasteiger partial charge in [0.15, 0.2) is 0 Å². The van der Waals surface area contributed by atoms with Crippen molar-refractivity contribution in [1.29, 1.82) is 0 Å². The number of hydrogen-bond donors (Lipinski definition) is 2. The van der Waals surface area contributed by atoms with Gasteiger partial charge in [-0.1, -0.05) is 53.7 Å². The molecule has 3 N–H and O–H groups in total. The standard InChI is InChI=1S/C23H17ClN4O3/c24-19(14-6-2-1-3-7-14)22(30)27-23-18(16-8-4-5-9-17(16)21(25)29)20(28-31-23)15-10-12-26-13-11-15/h1-13,19H,(H2,25,29)(H,27,30). The molecule has 2 amide bonds. The van der Waals surface area contributed by atoms with Crippen molar-refractivity contribution < 1.29 is 14.1 Å². The number of benzene rings is 2. The molecule has 2 heterocycles. The summed E-state index contributed by atoms with van der Waals surface area (Å²) >= 11 is 6.35. The molecule has 0 aliphatic carbocycles. The number of nitrogens with one attached hydrogen (secondary N) is 1. The van der Waals surface area contributed by atoms with E-state index in [0.29, 0.717) is 27.9 Å². The number of amides is 2. The summed E-state index contributed by atoms with van der Waals surface area (Å²) in [7, 11) is 0. The summed E-state index contributed by atoms with van der Waals surface area (Å²) in [6, 6.07) is 19.2. The summed E-state index contributed by atoms with van der Waals surface area (Å²) < 4.78 is 5.48. The fourth-order valence-electron chi connectivity index (χ4n) is 3.20. The molecule has 2 aromatic carbocycles. The zero-order valence-electron chi connectivity index (χ0n) is 16.2. The van der Waals surface area contributed by atoms with Gasteiger partial charge in [0.05, 0.1) is 5.56 Å². The highest BCUT2D eigenvalue weighted by molar-refractivity contribution is 6.32. The van der Waals surface area contributed by atoms with Crippen LogP contribution >= 0.6 is 11.6 Å². The Morgan fingerprint density at radius 3 is 2.35 bits per heavy atom. The van der Waals surface area contributed by atoms with Gasteiger partial charge in [0.2, 0.25) is 17.7 Å². The van der Waals surface area contributed by atoms with Crippen LogP contribution in [-0.2, 0) is 4.79 Å².